The van der Waals surface area contributed by atoms with Crippen LogP contribution in [0.2, 0.25) is 0 Å². The van der Waals surface area contributed by atoms with Crippen LogP contribution in [0.5, 0.6) is 0 Å². The quantitative estimate of drug-likeness (QED) is 0.577. The Morgan fingerprint density at radius 3 is 2.81 bits per heavy atom. The maximum absolute atomic E-state index is 5.67. The number of aryl methyl sites for hydroxylation is 2. The summed E-state index contributed by atoms with van der Waals surface area (Å²) >= 11 is 1.61. The third-order valence-corrected chi connectivity index (χ3v) is 4.26. The molecular formula is C16H13N3OS. The molecule has 4 aromatic rings. The van der Waals surface area contributed by atoms with Gasteiger partial charge < -0.3 is 4.42 Å². The van der Waals surface area contributed by atoms with Crippen molar-refractivity contribution in [3.8, 4) is 0 Å². The summed E-state index contributed by atoms with van der Waals surface area (Å²) in [5.74, 6) is 0. The number of anilines is 2. The predicted molar refractivity (Wildman–Crippen MR) is 86.4 cm³/mol. The predicted octanol–water partition coefficient (Wildman–Crippen LogP) is 4.80. The number of oxazole rings is 1. The summed E-state index contributed by atoms with van der Waals surface area (Å²) in [5, 5.41) is 3.96. The third kappa shape index (κ3) is 2.15. The van der Waals surface area contributed by atoms with Crippen molar-refractivity contribution >= 4 is 43.8 Å². The van der Waals surface area contributed by atoms with E-state index >= 15 is 0 Å². The molecule has 0 aliphatic rings. The van der Waals surface area contributed by atoms with Crippen LogP contribution < -0.4 is 5.32 Å². The first-order chi connectivity index (χ1) is 10.2. The SMILES string of the molecule is Cc1cc(C)c2nc(Nc3nc4ccccc4o3)sc2c1. The van der Waals surface area contributed by atoms with E-state index in [4.69, 9.17) is 4.42 Å². The highest BCUT2D eigenvalue weighted by Crippen LogP contribution is 2.31. The van der Waals surface area contributed by atoms with Gasteiger partial charge in [0.15, 0.2) is 10.7 Å². The largest absolute Gasteiger partial charge is 0.423 e. The Balaban J connectivity index is 1.75. The first kappa shape index (κ1) is 12.3. The van der Waals surface area contributed by atoms with Gasteiger partial charge in [-0.15, -0.1) is 0 Å². The molecule has 0 spiro atoms. The van der Waals surface area contributed by atoms with E-state index in [2.05, 4.69) is 41.3 Å². The highest BCUT2D eigenvalue weighted by molar-refractivity contribution is 7.22. The first-order valence-corrected chi connectivity index (χ1v) is 7.51. The van der Waals surface area contributed by atoms with Crippen LogP contribution in [0.1, 0.15) is 11.1 Å². The maximum atomic E-state index is 5.67. The molecular weight excluding hydrogens is 282 g/mol. The van der Waals surface area contributed by atoms with Crippen LogP contribution in [0.4, 0.5) is 11.1 Å². The Hall–Kier alpha value is -2.40. The number of para-hydroxylation sites is 2. The molecule has 21 heavy (non-hydrogen) atoms. The zero-order chi connectivity index (χ0) is 14.4. The summed E-state index contributed by atoms with van der Waals surface area (Å²) in [6.45, 7) is 4.18. The summed E-state index contributed by atoms with van der Waals surface area (Å²) in [4.78, 5) is 9.03. The van der Waals surface area contributed by atoms with Gasteiger partial charge in [-0.25, -0.2) is 4.98 Å². The number of nitrogens with zero attached hydrogens (tertiary/aromatic N) is 2. The van der Waals surface area contributed by atoms with Crippen molar-refractivity contribution in [2.75, 3.05) is 5.32 Å². The van der Waals surface area contributed by atoms with Crippen molar-refractivity contribution in [3.05, 3.63) is 47.5 Å². The number of hydrogen-bond donors (Lipinski definition) is 1. The van der Waals surface area contributed by atoms with Crippen molar-refractivity contribution in [3.63, 3.8) is 0 Å². The van der Waals surface area contributed by atoms with Crippen molar-refractivity contribution in [2.24, 2.45) is 0 Å². The highest BCUT2D eigenvalue weighted by atomic mass is 32.1. The second-order valence-corrected chi connectivity index (χ2v) is 6.09. The zero-order valence-corrected chi connectivity index (χ0v) is 12.5. The number of benzene rings is 2. The zero-order valence-electron chi connectivity index (χ0n) is 11.7. The van der Waals surface area contributed by atoms with Crippen molar-refractivity contribution in [2.45, 2.75) is 13.8 Å². The monoisotopic (exact) mass is 295 g/mol. The Labute approximate surface area is 125 Å². The molecule has 4 rings (SSSR count). The molecule has 4 nitrogen and oxygen atoms in total. The Bertz CT molecular complexity index is 922. The molecule has 5 heteroatoms. The first-order valence-electron chi connectivity index (χ1n) is 6.69. The van der Waals surface area contributed by atoms with Gasteiger partial charge in [-0.2, -0.15) is 4.98 Å². The van der Waals surface area contributed by atoms with Gasteiger partial charge in [-0.1, -0.05) is 29.5 Å². The van der Waals surface area contributed by atoms with Gasteiger partial charge in [0.25, 0.3) is 0 Å². The molecule has 0 radical (unpaired) electrons. The van der Waals surface area contributed by atoms with Crippen molar-refractivity contribution in [1.82, 2.24) is 9.97 Å². The normalized spacial score (nSPS) is 11.3. The lowest BCUT2D eigenvalue weighted by Gasteiger charge is -1.95. The molecule has 104 valence electrons. The number of fused-ring (bicyclic) bond motifs is 2. The highest BCUT2D eigenvalue weighted by Gasteiger charge is 2.10. The summed E-state index contributed by atoms with van der Waals surface area (Å²) in [6.07, 6.45) is 0. The van der Waals surface area contributed by atoms with E-state index in [0.29, 0.717) is 6.01 Å². The summed E-state index contributed by atoms with van der Waals surface area (Å²) in [6, 6.07) is 12.5. The molecule has 2 heterocycles. The number of rotatable bonds is 2. The van der Waals surface area contributed by atoms with Crippen molar-refractivity contribution < 1.29 is 4.42 Å². The van der Waals surface area contributed by atoms with E-state index in [1.807, 2.05) is 24.3 Å². The number of aromatic nitrogens is 2. The molecule has 0 saturated carbocycles. The van der Waals surface area contributed by atoms with E-state index < -0.39 is 0 Å². The summed E-state index contributed by atoms with van der Waals surface area (Å²) < 4.78 is 6.84. The van der Waals surface area contributed by atoms with Gasteiger partial charge in [-0.05, 0) is 43.2 Å². The second-order valence-electron chi connectivity index (χ2n) is 5.06. The molecule has 0 aliphatic carbocycles. The molecule has 2 aromatic heterocycles. The lowest BCUT2D eigenvalue weighted by molar-refractivity contribution is 0.623. The molecule has 0 unspecified atom stereocenters. The smallest absolute Gasteiger partial charge is 0.302 e. The van der Waals surface area contributed by atoms with Crippen LogP contribution in [0.3, 0.4) is 0 Å². The van der Waals surface area contributed by atoms with Crippen LogP contribution in [0.15, 0.2) is 40.8 Å². The number of thiazole rings is 1. The Morgan fingerprint density at radius 1 is 1.10 bits per heavy atom. The topological polar surface area (TPSA) is 51.0 Å². The molecule has 0 saturated heterocycles. The number of nitrogens with one attached hydrogen (secondary N) is 1. The average Bonchev–Trinajstić information content (AvgIpc) is 3.01. The van der Waals surface area contributed by atoms with Gasteiger partial charge in [0, 0.05) is 0 Å². The van der Waals surface area contributed by atoms with Crippen molar-refractivity contribution in [1.29, 1.82) is 0 Å². The van der Waals surface area contributed by atoms with Crippen LogP contribution in [0, 0.1) is 13.8 Å². The standard InChI is InChI=1S/C16H13N3OS/c1-9-7-10(2)14-13(8-9)21-16(18-14)19-15-17-11-5-3-4-6-12(11)20-15/h3-8H,1-2H3,(H,17,18,19). The number of hydrogen-bond acceptors (Lipinski definition) is 5. The van der Waals surface area contributed by atoms with Crippen LogP contribution in [-0.2, 0) is 0 Å². The van der Waals surface area contributed by atoms with Gasteiger partial charge >= 0.3 is 6.01 Å². The molecule has 0 atom stereocenters. The lowest BCUT2D eigenvalue weighted by atomic mass is 10.1. The van der Waals surface area contributed by atoms with Gasteiger partial charge in [0.05, 0.1) is 10.2 Å². The van der Waals surface area contributed by atoms with E-state index in [-0.39, 0.29) is 0 Å². The fraction of sp³-hybridized carbons (Fsp3) is 0.125. The molecule has 1 N–H and O–H groups in total. The Kier molecular flexibility index (Phi) is 2.68. The fourth-order valence-electron chi connectivity index (χ4n) is 2.44. The molecule has 0 amide bonds. The third-order valence-electron chi connectivity index (χ3n) is 3.34. The van der Waals surface area contributed by atoms with E-state index in [9.17, 15) is 0 Å². The van der Waals surface area contributed by atoms with Gasteiger partial charge in [-0.3, -0.25) is 5.32 Å². The summed E-state index contributed by atoms with van der Waals surface area (Å²) in [5.41, 5.74) is 5.08. The van der Waals surface area contributed by atoms with Gasteiger partial charge in [0.1, 0.15) is 5.52 Å². The van der Waals surface area contributed by atoms with Crippen LogP contribution in [-0.4, -0.2) is 9.97 Å². The maximum Gasteiger partial charge on any atom is 0.302 e. The minimum absolute atomic E-state index is 0.477. The van der Waals surface area contributed by atoms with E-state index in [0.717, 1.165) is 21.7 Å². The summed E-state index contributed by atoms with van der Waals surface area (Å²) in [7, 11) is 0. The molecule has 0 fully saturated rings. The van der Waals surface area contributed by atoms with E-state index in [1.54, 1.807) is 11.3 Å². The molecule has 0 aliphatic heterocycles. The second kappa shape index (κ2) is 4.56. The van der Waals surface area contributed by atoms with Crippen LogP contribution in [0.25, 0.3) is 21.3 Å². The Morgan fingerprint density at radius 2 is 1.95 bits per heavy atom. The van der Waals surface area contributed by atoms with Crippen LogP contribution >= 0.6 is 11.3 Å². The fourth-order valence-corrected chi connectivity index (χ4v) is 3.47. The minimum Gasteiger partial charge on any atom is -0.423 e. The molecule has 0 bridgehead atoms. The average molecular weight is 295 g/mol. The lowest BCUT2D eigenvalue weighted by Crippen LogP contribution is -1.88. The van der Waals surface area contributed by atoms with Gasteiger partial charge in [0.2, 0.25) is 0 Å². The van der Waals surface area contributed by atoms with E-state index in [1.165, 1.54) is 15.8 Å². The molecule has 2 aromatic carbocycles. The minimum atomic E-state index is 0.477.